The number of aryl methyl sites for hydroxylation is 1. The maximum atomic E-state index is 5.81. The topological polar surface area (TPSA) is 35.3 Å². The van der Waals surface area contributed by atoms with E-state index in [-0.39, 0.29) is 0 Å². The van der Waals surface area contributed by atoms with Crippen LogP contribution in [0.1, 0.15) is 11.5 Å². The summed E-state index contributed by atoms with van der Waals surface area (Å²) >= 11 is 5.81. The zero-order valence-corrected chi connectivity index (χ0v) is 12.3. The average Bonchev–Trinajstić information content (AvgIpc) is 2.90. The lowest BCUT2D eigenvalue weighted by Gasteiger charge is -2.05. The van der Waals surface area contributed by atoms with Gasteiger partial charge in [0.25, 0.3) is 0 Å². The third-order valence-electron chi connectivity index (χ3n) is 3.10. The van der Waals surface area contributed by atoms with E-state index >= 15 is 0 Å². The normalized spacial score (nSPS) is 10.6. The summed E-state index contributed by atoms with van der Waals surface area (Å²) in [6, 6.07) is 17.3. The Morgan fingerprint density at radius 3 is 2.29 bits per heavy atom. The summed E-state index contributed by atoms with van der Waals surface area (Å²) in [5.74, 6) is 3.26. The summed E-state index contributed by atoms with van der Waals surface area (Å²) in [5, 5.41) is 0. The lowest BCUT2D eigenvalue weighted by molar-refractivity contribution is 0.482. The molecule has 0 bridgehead atoms. The molecule has 0 atom stereocenters. The molecule has 1 heterocycles. The van der Waals surface area contributed by atoms with Crippen molar-refractivity contribution in [1.82, 2.24) is 4.98 Å². The Hall–Kier alpha value is -2.26. The Morgan fingerprint density at radius 1 is 1.00 bits per heavy atom. The number of ether oxygens (including phenoxy) is 1. The summed E-state index contributed by atoms with van der Waals surface area (Å²) in [7, 11) is 0. The van der Waals surface area contributed by atoms with Crippen LogP contribution in [0, 0.1) is 6.92 Å². The van der Waals surface area contributed by atoms with Gasteiger partial charge >= 0.3 is 0 Å². The van der Waals surface area contributed by atoms with E-state index in [0.29, 0.717) is 11.8 Å². The summed E-state index contributed by atoms with van der Waals surface area (Å²) in [6.07, 6.45) is 0. The number of benzene rings is 2. The average molecular weight is 300 g/mol. The zero-order valence-electron chi connectivity index (χ0n) is 11.5. The standard InChI is InChI=1S/C17H14ClNO2/c1-12-16(11-18)19-17(20-12)13-7-9-15(10-8-13)21-14-5-3-2-4-6-14/h2-10H,11H2,1H3. The number of hydrogen-bond acceptors (Lipinski definition) is 3. The predicted octanol–water partition coefficient (Wildman–Crippen LogP) is 5.18. The van der Waals surface area contributed by atoms with Crippen LogP contribution in [0.15, 0.2) is 59.0 Å². The molecule has 0 aliphatic rings. The predicted molar refractivity (Wildman–Crippen MR) is 82.7 cm³/mol. The van der Waals surface area contributed by atoms with Gasteiger partial charge in [-0.2, -0.15) is 0 Å². The maximum absolute atomic E-state index is 5.81. The molecule has 0 radical (unpaired) electrons. The van der Waals surface area contributed by atoms with Gasteiger partial charge in [0.1, 0.15) is 17.3 Å². The van der Waals surface area contributed by atoms with E-state index in [0.717, 1.165) is 28.5 Å². The molecule has 0 spiro atoms. The van der Waals surface area contributed by atoms with E-state index in [1.807, 2.05) is 61.5 Å². The molecule has 0 saturated heterocycles. The van der Waals surface area contributed by atoms with E-state index in [1.54, 1.807) is 0 Å². The van der Waals surface area contributed by atoms with Crippen molar-refractivity contribution < 1.29 is 9.15 Å². The molecule has 0 unspecified atom stereocenters. The fourth-order valence-electron chi connectivity index (χ4n) is 1.97. The minimum Gasteiger partial charge on any atom is -0.457 e. The van der Waals surface area contributed by atoms with Gasteiger partial charge in [0.2, 0.25) is 5.89 Å². The van der Waals surface area contributed by atoms with Gasteiger partial charge in [0.05, 0.1) is 11.6 Å². The van der Waals surface area contributed by atoms with E-state index < -0.39 is 0 Å². The zero-order chi connectivity index (χ0) is 14.7. The Kier molecular flexibility index (Phi) is 3.93. The first-order valence-corrected chi connectivity index (χ1v) is 7.15. The van der Waals surface area contributed by atoms with Gasteiger partial charge in [0.15, 0.2) is 0 Å². The molecule has 4 heteroatoms. The van der Waals surface area contributed by atoms with Crippen LogP contribution in [0.5, 0.6) is 11.5 Å². The minimum atomic E-state index is 0.352. The van der Waals surface area contributed by atoms with Gasteiger partial charge in [-0.25, -0.2) is 4.98 Å². The van der Waals surface area contributed by atoms with Crippen molar-refractivity contribution in [3.05, 3.63) is 66.1 Å². The molecule has 106 valence electrons. The van der Waals surface area contributed by atoms with Crippen LogP contribution < -0.4 is 4.74 Å². The number of aromatic nitrogens is 1. The second-order valence-corrected chi connectivity index (χ2v) is 4.86. The molecule has 0 saturated carbocycles. The highest BCUT2D eigenvalue weighted by Gasteiger charge is 2.10. The van der Waals surface area contributed by atoms with Gasteiger partial charge in [-0.05, 0) is 43.3 Å². The summed E-state index contributed by atoms with van der Waals surface area (Å²) in [6.45, 7) is 1.86. The number of nitrogens with zero attached hydrogens (tertiary/aromatic N) is 1. The minimum absolute atomic E-state index is 0.352. The molecule has 0 aliphatic heterocycles. The van der Waals surface area contributed by atoms with Gasteiger partial charge < -0.3 is 9.15 Å². The molecule has 0 amide bonds. The summed E-state index contributed by atoms with van der Waals surface area (Å²) in [5.41, 5.74) is 1.67. The van der Waals surface area contributed by atoms with Crippen molar-refractivity contribution >= 4 is 11.6 Å². The highest BCUT2D eigenvalue weighted by atomic mass is 35.5. The van der Waals surface area contributed by atoms with E-state index in [9.17, 15) is 0 Å². The summed E-state index contributed by atoms with van der Waals surface area (Å²) < 4.78 is 11.4. The SMILES string of the molecule is Cc1oc(-c2ccc(Oc3ccccc3)cc2)nc1CCl. The molecule has 21 heavy (non-hydrogen) atoms. The first-order valence-electron chi connectivity index (χ1n) is 6.62. The highest BCUT2D eigenvalue weighted by molar-refractivity contribution is 6.16. The van der Waals surface area contributed by atoms with Crippen LogP contribution in [0.25, 0.3) is 11.5 Å². The molecular weight excluding hydrogens is 286 g/mol. The molecule has 2 aromatic carbocycles. The number of alkyl halides is 1. The molecule has 3 rings (SSSR count). The van der Waals surface area contributed by atoms with Crippen molar-refractivity contribution in [3.63, 3.8) is 0 Å². The lowest BCUT2D eigenvalue weighted by atomic mass is 10.2. The van der Waals surface area contributed by atoms with Crippen LogP contribution in [0.3, 0.4) is 0 Å². The summed E-state index contributed by atoms with van der Waals surface area (Å²) in [4.78, 5) is 4.37. The largest absolute Gasteiger partial charge is 0.457 e. The first-order chi connectivity index (χ1) is 10.3. The monoisotopic (exact) mass is 299 g/mol. The van der Waals surface area contributed by atoms with E-state index in [1.165, 1.54) is 0 Å². The Morgan fingerprint density at radius 2 is 1.67 bits per heavy atom. The number of hydrogen-bond donors (Lipinski definition) is 0. The van der Waals surface area contributed by atoms with Crippen molar-refractivity contribution in [2.75, 3.05) is 0 Å². The number of halogens is 1. The fourth-order valence-corrected chi connectivity index (χ4v) is 2.21. The molecular formula is C17H14ClNO2. The first kappa shape index (κ1) is 13.7. The number of rotatable bonds is 4. The third kappa shape index (κ3) is 3.09. The highest BCUT2D eigenvalue weighted by Crippen LogP contribution is 2.26. The Bertz CT molecular complexity index is 720. The second-order valence-electron chi connectivity index (χ2n) is 4.60. The van der Waals surface area contributed by atoms with Crippen LogP contribution in [-0.4, -0.2) is 4.98 Å². The molecule has 1 aromatic heterocycles. The van der Waals surface area contributed by atoms with Crippen LogP contribution in [0.4, 0.5) is 0 Å². The number of oxazole rings is 1. The maximum Gasteiger partial charge on any atom is 0.226 e. The van der Waals surface area contributed by atoms with Gasteiger partial charge in [-0.15, -0.1) is 11.6 Å². The van der Waals surface area contributed by atoms with E-state index in [4.69, 9.17) is 20.8 Å². The number of para-hydroxylation sites is 1. The van der Waals surface area contributed by atoms with Crippen molar-refractivity contribution in [2.24, 2.45) is 0 Å². The van der Waals surface area contributed by atoms with E-state index in [2.05, 4.69) is 4.98 Å². The lowest BCUT2D eigenvalue weighted by Crippen LogP contribution is -1.84. The molecule has 3 aromatic rings. The van der Waals surface area contributed by atoms with Crippen molar-refractivity contribution in [2.45, 2.75) is 12.8 Å². The molecule has 3 nitrogen and oxygen atoms in total. The quantitative estimate of drug-likeness (QED) is 0.623. The molecule has 0 N–H and O–H groups in total. The smallest absolute Gasteiger partial charge is 0.226 e. The molecule has 0 fully saturated rings. The van der Waals surface area contributed by atoms with Crippen LogP contribution >= 0.6 is 11.6 Å². The van der Waals surface area contributed by atoms with Gasteiger partial charge in [0, 0.05) is 5.56 Å². The third-order valence-corrected chi connectivity index (χ3v) is 3.35. The van der Waals surface area contributed by atoms with Crippen LogP contribution in [0.2, 0.25) is 0 Å². The fraction of sp³-hybridized carbons (Fsp3) is 0.118. The second kappa shape index (κ2) is 6.02. The van der Waals surface area contributed by atoms with Crippen molar-refractivity contribution in [3.8, 4) is 23.0 Å². The van der Waals surface area contributed by atoms with Crippen molar-refractivity contribution in [1.29, 1.82) is 0 Å². The van der Waals surface area contributed by atoms with Gasteiger partial charge in [-0.1, -0.05) is 18.2 Å². The van der Waals surface area contributed by atoms with Crippen LogP contribution in [-0.2, 0) is 5.88 Å². The van der Waals surface area contributed by atoms with Gasteiger partial charge in [-0.3, -0.25) is 0 Å². The molecule has 0 aliphatic carbocycles. The Balaban J connectivity index is 1.80. The Labute approximate surface area is 128 Å².